The SMILES string of the molecule is O=C(c1ccc(N2CCc3ccccc3C2)cc1)N1CCN(c2ccc(C(F)(F)F)cn2)CC1. The Morgan fingerprint density at radius 1 is 0.794 bits per heavy atom. The van der Waals surface area contributed by atoms with Gasteiger partial charge in [-0.15, -0.1) is 0 Å². The second kappa shape index (κ2) is 9.00. The number of hydrogen-bond acceptors (Lipinski definition) is 4. The minimum atomic E-state index is -4.40. The Balaban J connectivity index is 1.18. The lowest BCUT2D eigenvalue weighted by molar-refractivity contribution is -0.137. The van der Waals surface area contributed by atoms with Gasteiger partial charge in [0.05, 0.1) is 5.56 Å². The molecule has 8 heteroatoms. The highest BCUT2D eigenvalue weighted by molar-refractivity contribution is 5.94. The van der Waals surface area contributed by atoms with Crippen molar-refractivity contribution in [1.29, 1.82) is 0 Å². The molecule has 34 heavy (non-hydrogen) atoms. The van der Waals surface area contributed by atoms with E-state index in [1.807, 2.05) is 29.2 Å². The van der Waals surface area contributed by atoms with Crippen LogP contribution in [0.4, 0.5) is 24.7 Å². The van der Waals surface area contributed by atoms with E-state index >= 15 is 0 Å². The number of pyridine rings is 1. The summed E-state index contributed by atoms with van der Waals surface area (Å²) in [4.78, 5) is 23.0. The van der Waals surface area contributed by atoms with Crippen LogP contribution in [0.25, 0.3) is 0 Å². The first kappa shape index (κ1) is 22.3. The number of anilines is 2. The van der Waals surface area contributed by atoms with Crippen molar-refractivity contribution in [3.05, 3.63) is 89.1 Å². The van der Waals surface area contributed by atoms with E-state index in [-0.39, 0.29) is 5.91 Å². The van der Waals surface area contributed by atoms with E-state index in [9.17, 15) is 18.0 Å². The summed E-state index contributed by atoms with van der Waals surface area (Å²) in [6.45, 7) is 3.84. The van der Waals surface area contributed by atoms with E-state index in [2.05, 4.69) is 34.1 Å². The number of nitrogens with zero attached hydrogens (tertiary/aromatic N) is 4. The topological polar surface area (TPSA) is 39.7 Å². The molecule has 3 aromatic rings. The van der Waals surface area contributed by atoms with E-state index in [1.54, 1.807) is 4.90 Å². The molecule has 5 rings (SSSR count). The number of halogens is 3. The molecule has 0 aliphatic carbocycles. The maximum absolute atomic E-state index is 13.0. The molecule has 3 heterocycles. The second-order valence-electron chi connectivity index (χ2n) is 8.67. The molecule has 2 aliphatic heterocycles. The van der Waals surface area contributed by atoms with Crippen LogP contribution in [0.5, 0.6) is 0 Å². The summed E-state index contributed by atoms with van der Waals surface area (Å²) in [6, 6.07) is 18.7. The molecular formula is C26H25F3N4O. The molecule has 1 amide bonds. The zero-order valence-corrected chi connectivity index (χ0v) is 18.6. The van der Waals surface area contributed by atoms with Crippen molar-refractivity contribution < 1.29 is 18.0 Å². The molecule has 1 fully saturated rings. The van der Waals surface area contributed by atoms with Gasteiger partial charge in [0, 0.05) is 56.7 Å². The van der Waals surface area contributed by atoms with Crippen LogP contribution in [-0.2, 0) is 19.1 Å². The number of amides is 1. The first-order valence-corrected chi connectivity index (χ1v) is 11.4. The molecular weight excluding hydrogens is 441 g/mol. The first-order chi connectivity index (χ1) is 16.4. The van der Waals surface area contributed by atoms with Crippen LogP contribution in [0.2, 0.25) is 0 Å². The number of carbonyl (C=O) groups is 1. The Hall–Kier alpha value is -3.55. The summed E-state index contributed by atoms with van der Waals surface area (Å²) in [7, 11) is 0. The third-order valence-corrected chi connectivity index (χ3v) is 6.58. The highest BCUT2D eigenvalue weighted by Crippen LogP contribution is 2.30. The van der Waals surface area contributed by atoms with Crippen LogP contribution in [0, 0.1) is 0 Å². The molecule has 1 aromatic heterocycles. The Bertz CT molecular complexity index is 1150. The molecule has 0 saturated carbocycles. The molecule has 0 radical (unpaired) electrons. The molecule has 0 atom stereocenters. The van der Waals surface area contributed by atoms with Crippen LogP contribution >= 0.6 is 0 Å². The monoisotopic (exact) mass is 466 g/mol. The summed E-state index contributed by atoms with van der Waals surface area (Å²) in [5.74, 6) is 0.461. The zero-order chi connectivity index (χ0) is 23.7. The molecule has 2 aliphatic rings. The number of fused-ring (bicyclic) bond motifs is 1. The number of piperazine rings is 1. The van der Waals surface area contributed by atoms with Crippen LogP contribution in [-0.4, -0.2) is 48.5 Å². The van der Waals surface area contributed by atoms with Gasteiger partial charge in [0.15, 0.2) is 0 Å². The second-order valence-corrected chi connectivity index (χ2v) is 8.67. The minimum Gasteiger partial charge on any atom is -0.367 e. The van der Waals surface area contributed by atoms with Gasteiger partial charge in [0.25, 0.3) is 5.91 Å². The average Bonchev–Trinajstić information content (AvgIpc) is 2.88. The van der Waals surface area contributed by atoms with Crippen LogP contribution < -0.4 is 9.80 Å². The fraction of sp³-hybridized carbons (Fsp3) is 0.308. The molecule has 0 unspecified atom stereocenters. The van der Waals surface area contributed by atoms with Crippen LogP contribution in [0.15, 0.2) is 66.9 Å². The lowest BCUT2D eigenvalue weighted by Gasteiger charge is -2.35. The maximum Gasteiger partial charge on any atom is 0.417 e. The molecule has 0 N–H and O–H groups in total. The van der Waals surface area contributed by atoms with E-state index in [1.165, 1.54) is 17.2 Å². The van der Waals surface area contributed by atoms with E-state index in [4.69, 9.17) is 0 Å². The fourth-order valence-corrected chi connectivity index (χ4v) is 4.59. The van der Waals surface area contributed by atoms with Gasteiger partial charge >= 0.3 is 6.18 Å². The lowest BCUT2D eigenvalue weighted by Crippen LogP contribution is -2.49. The summed E-state index contributed by atoms with van der Waals surface area (Å²) < 4.78 is 38.3. The summed E-state index contributed by atoms with van der Waals surface area (Å²) in [6.07, 6.45) is -2.53. The van der Waals surface area contributed by atoms with Crippen LogP contribution in [0.3, 0.4) is 0 Å². The number of aromatic nitrogens is 1. The molecule has 2 aromatic carbocycles. The third-order valence-electron chi connectivity index (χ3n) is 6.58. The Labute approximate surface area is 196 Å². The van der Waals surface area contributed by atoms with Gasteiger partial charge in [-0.05, 0) is 53.9 Å². The molecule has 1 saturated heterocycles. The Kier molecular flexibility index (Phi) is 5.89. The number of alkyl halides is 3. The summed E-state index contributed by atoms with van der Waals surface area (Å²) >= 11 is 0. The van der Waals surface area contributed by atoms with E-state index in [0.717, 1.165) is 37.5 Å². The van der Waals surface area contributed by atoms with Crippen molar-refractivity contribution in [3.63, 3.8) is 0 Å². The standard InChI is InChI=1S/C26H25F3N4O/c27-26(28,29)22-7-10-24(30-17-22)31-13-15-32(16-14-31)25(34)20-5-8-23(9-6-20)33-12-11-19-3-1-2-4-21(19)18-33/h1-10,17H,11-16,18H2. The van der Waals surface area contributed by atoms with Gasteiger partial charge < -0.3 is 14.7 Å². The zero-order valence-electron chi connectivity index (χ0n) is 18.6. The van der Waals surface area contributed by atoms with Gasteiger partial charge in [0.1, 0.15) is 5.82 Å². The quantitative estimate of drug-likeness (QED) is 0.565. The predicted molar refractivity (Wildman–Crippen MR) is 125 cm³/mol. The smallest absolute Gasteiger partial charge is 0.367 e. The van der Waals surface area contributed by atoms with Crippen molar-refractivity contribution in [3.8, 4) is 0 Å². The van der Waals surface area contributed by atoms with Gasteiger partial charge in [-0.2, -0.15) is 13.2 Å². The van der Waals surface area contributed by atoms with Crippen molar-refractivity contribution in [2.24, 2.45) is 0 Å². The normalized spacial score (nSPS) is 16.4. The number of carbonyl (C=O) groups excluding carboxylic acids is 1. The predicted octanol–water partition coefficient (Wildman–Crippen LogP) is 4.63. The minimum absolute atomic E-state index is 0.0319. The van der Waals surface area contributed by atoms with Gasteiger partial charge in [-0.3, -0.25) is 4.79 Å². The molecule has 176 valence electrons. The van der Waals surface area contributed by atoms with Crippen molar-refractivity contribution >= 4 is 17.4 Å². The highest BCUT2D eigenvalue weighted by atomic mass is 19.4. The first-order valence-electron chi connectivity index (χ1n) is 11.4. The lowest BCUT2D eigenvalue weighted by atomic mass is 9.99. The van der Waals surface area contributed by atoms with Crippen molar-refractivity contribution in [2.75, 3.05) is 42.5 Å². The third kappa shape index (κ3) is 4.58. The van der Waals surface area contributed by atoms with E-state index in [0.29, 0.717) is 37.6 Å². The van der Waals surface area contributed by atoms with Crippen molar-refractivity contribution in [2.45, 2.75) is 19.1 Å². The van der Waals surface area contributed by atoms with Gasteiger partial charge in [-0.1, -0.05) is 24.3 Å². The van der Waals surface area contributed by atoms with E-state index < -0.39 is 11.7 Å². The summed E-state index contributed by atoms with van der Waals surface area (Å²) in [5, 5.41) is 0. The largest absolute Gasteiger partial charge is 0.417 e. The maximum atomic E-state index is 13.0. The number of rotatable bonds is 3. The molecule has 0 bridgehead atoms. The average molecular weight is 467 g/mol. The van der Waals surface area contributed by atoms with Crippen molar-refractivity contribution in [1.82, 2.24) is 9.88 Å². The fourth-order valence-electron chi connectivity index (χ4n) is 4.59. The van der Waals surface area contributed by atoms with Gasteiger partial charge in [-0.25, -0.2) is 4.98 Å². The van der Waals surface area contributed by atoms with Crippen LogP contribution in [0.1, 0.15) is 27.0 Å². The number of benzene rings is 2. The number of hydrogen-bond donors (Lipinski definition) is 0. The Morgan fingerprint density at radius 3 is 2.15 bits per heavy atom. The highest BCUT2D eigenvalue weighted by Gasteiger charge is 2.31. The molecule has 0 spiro atoms. The Morgan fingerprint density at radius 2 is 1.50 bits per heavy atom. The van der Waals surface area contributed by atoms with Gasteiger partial charge in [0.2, 0.25) is 0 Å². The summed E-state index contributed by atoms with van der Waals surface area (Å²) in [5.41, 5.74) is 3.72. The molecule has 5 nitrogen and oxygen atoms in total.